The fourth-order valence-electron chi connectivity index (χ4n) is 2.48. The average Bonchev–Trinajstić information content (AvgIpc) is 3.16. The molecule has 0 aliphatic rings. The van der Waals surface area contributed by atoms with Gasteiger partial charge in [0.25, 0.3) is 0 Å². The van der Waals surface area contributed by atoms with Crippen molar-refractivity contribution in [3.05, 3.63) is 60.2 Å². The van der Waals surface area contributed by atoms with Gasteiger partial charge < -0.3 is 14.6 Å². The number of aryl methyl sites for hydroxylation is 1. The lowest BCUT2D eigenvalue weighted by Gasteiger charge is -2.13. The van der Waals surface area contributed by atoms with Crippen LogP contribution in [-0.2, 0) is 11.2 Å². The SMILES string of the molecule is COc1ccc(-c2noc(CCC(=O)NC(C)c3ccncc3)n2)cc1. The molecule has 3 rings (SSSR count). The minimum absolute atomic E-state index is 0.0708. The molecule has 0 spiro atoms. The monoisotopic (exact) mass is 352 g/mol. The second kappa shape index (κ2) is 8.24. The topological polar surface area (TPSA) is 90.1 Å². The molecule has 26 heavy (non-hydrogen) atoms. The Kier molecular flexibility index (Phi) is 5.58. The number of methoxy groups -OCH3 is 1. The molecule has 1 amide bonds. The molecule has 1 unspecified atom stereocenters. The maximum Gasteiger partial charge on any atom is 0.227 e. The number of hydrogen-bond donors (Lipinski definition) is 1. The van der Waals surface area contributed by atoms with E-state index in [1.165, 1.54) is 0 Å². The Morgan fingerprint density at radius 3 is 2.62 bits per heavy atom. The van der Waals surface area contributed by atoms with E-state index in [2.05, 4.69) is 20.4 Å². The van der Waals surface area contributed by atoms with E-state index in [1.54, 1.807) is 19.5 Å². The molecular weight excluding hydrogens is 332 g/mol. The van der Waals surface area contributed by atoms with Gasteiger partial charge in [-0.15, -0.1) is 0 Å². The number of aromatic nitrogens is 3. The van der Waals surface area contributed by atoms with Gasteiger partial charge >= 0.3 is 0 Å². The molecule has 1 aromatic carbocycles. The third-order valence-electron chi connectivity index (χ3n) is 3.97. The molecule has 7 heteroatoms. The molecule has 2 heterocycles. The van der Waals surface area contributed by atoms with Crippen LogP contribution >= 0.6 is 0 Å². The molecule has 0 saturated carbocycles. The Bertz CT molecular complexity index is 847. The van der Waals surface area contributed by atoms with Crippen LogP contribution in [0.4, 0.5) is 0 Å². The average molecular weight is 352 g/mol. The van der Waals surface area contributed by atoms with Crippen molar-refractivity contribution in [2.24, 2.45) is 0 Å². The first-order chi connectivity index (χ1) is 12.7. The van der Waals surface area contributed by atoms with E-state index in [0.29, 0.717) is 18.1 Å². The van der Waals surface area contributed by atoms with Crippen LogP contribution in [0.2, 0.25) is 0 Å². The third kappa shape index (κ3) is 4.44. The molecule has 0 aliphatic heterocycles. The molecule has 7 nitrogen and oxygen atoms in total. The van der Waals surface area contributed by atoms with Gasteiger partial charge in [-0.3, -0.25) is 9.78 Å². The summed E-state index contributed by atoms with van der Waals surface area (Å²) in [6.45, 7) is 1.93. The zero-order chi connectivity index (χ0) is 18.4. The molecule has 3 aromatic rings. The predicted octanol–water partition coefficient (Wildman–Crippen LogP) is 2.95. The molecule has 0 fully saturated rings. The molecular formula is C19H20N4O3. The second-order valence-electron chi connectivity index (χ2n) is 5.81. The maximum absolute atomic E-state index is 12.1. The summed E-state index contributed by atoms with van der Waals surface area (Å²) in [5, 5.41) is 6.91. The lowest BCUT2D eigenvalue weighted by atomic mass is 10.1. The zero-order valence-electron chi connectivity index (χ0n) is 14.7. The van der Waals surface area contributed by atoms with Crippen molar-refractivity contribution in [3.8, 4) is 17.1 Å². The highest BCUT2D eigenvalue weighted by atomic mass is 16.5. The Morgan fingerprint density at radius 2 is 1.92 bits per heavy atom. The van der Waals surface area contributed by atoms with E-state index in [9.17, 15) is 4.79 Å². The van der Waals surface area contributed by atoms with E-state index in [0.717, 1.165) is 16.9 Å². The first kappa shape index (κ1) is 17.6. The summed E-state index contributed by atoms with van der Waals surface area (Å²) in [5.74, 6) is 1.62. The maximum atomic E-state index is 12.1. The number of rotatable bonds is 7. The number of pyridine rings is 1. The lowest BCUT2D eigenvalue weighted by molar-refractivity contribution is -0.121. The van der Waals surface area contributed by atoms with Gasteiger partial charge in [0.15, 0.2) is 0 Å². The highest BCUT2D eigenvalue weighted by molar-refractivity contribution is 5.76. The zero-order valence-corrected chi connectivity index (χ0v) is 14.7. The van der Waals surface area contributed by atoms with Crippen molar-refractivity contribution in [1.82, 2.24) is 20.4 Å². The number of carbonyl (C=O) groups is 1. The summed E-state index contributed by atoms with van der Waals surface area (Å²) < 4.78 is 10.4. The number of nitrogens with zero attached hydrogens (tertiary/aromatic N) is 3. The number of carbonyl (C=O) groups excluding carboxylic acids is 1. The van der Waals surface area contributed by atoms with Crippen LogP contribution in [0.25, 0.3) is 11.4 Å². The van der Waals surface area contributed by atoms with E-state index < -0.39 is 0 Å². The number of amides is 1. The van der Waals surface area contributed by atoms with Crippen LogP contribution < -0.4 is 10.1 Å². The summed E-state index contributed by atoms with van der Waals surface area (Å²) in [4.78, 5) is 20.4. The summed E-state index contributed by atoms with van der Waals surface area (Å²) in [6, 6.07) is 11.1. The minimum atomic E-state index is -0.0805. The van der Waals surface area contributed by atoms with Crippen molar-refractivity contribution in [3.63, 3.8) is 0 Å². The van der Waals surface area contributed by atoms with Crippen LogP contribution in [0.15, 0.2) is 53.3 Å². The summed E-state index contributed by atoms with van der Waals surface area (Å²) in [5.41, 5.74) is 1.84. The van der Waals surface area contributed by atoms with E-state index in [4.69, 9.17) is 9.26 Å². The quantitative estimate of drug-likeness (QED) is 0.703. The Labute approximate surface area is 151 Å². The lowest BCUT2D eigenvalue weighted by Crippen LogP contribution is -2.26. The molecule has 0 bridgehead atoms. The van der Waals surface area contributed by atoms with Crippen molar-refractivity contribution < 1.29 is 14.1 Å². The van der Waals surface area contributed by atoms with Gasteiger partial charge in [0.05, 0.1) is 13.2 Å². The summed E-state index contributed by atoms with van der Waals surface area (Å²) in [7, 11) is 1.61. The van der Waals surface area contributed by atoms with Crippen molar-refractivity contribution >= 4 is 5.91 Å². The number of nitrogens with one attached hydrogen (secondary N) is 1. The smallest absolute Gasteiger partial charge is 0.227 e. The Balaban J connectivity index is 1.53. The number of hydrogen-bond acceptors (Lipinski definition) is 6. The van der Waals surface area contributed by atoms with Crippen LogP contribution in [-0.4, -0.2) is 28.1 Å². The Hall–Kier alpha value is -3.22. The van der Waals surface area contributed by atoms with Crippen molar-refractivity contribution in [2.75, 3.05) is 7.11 Å². The molecule has 134 valence electrons. The largest absolute Gasteiger partial charge is 0.497 e. The normalized spacial score (nSPS) is 11.8. The predicted molar refractivity (Wildman–Crippen MR) is 95.4 cm³/mol. The van der Waals surface area contributed by atoms with Crippen molar-refractivity contribution in [1.29, 1.82) is 0 Å². The van der Waals surface area contributed by atoms with Gasteiger partial charge in [-0.25, -0.2) is 0 Å². The van der Waals surface area contributed by atoms with E-state index in [1.807, 2.05) is 43.3 Å². The first-order valence-electron chi connectivity index (χ1n) is 8.32. The number of benzene rings is 1. The standard InChI is InChI=1S/C19H20N4O3/c1-13(14-9-11-20-12-10-14)21-17(24)7-8-18-22-19(23-26-18)15-3-5-16(25-2)6-4-15/h3-6,9-13H,7-8H2,1-2H3,(H,21,24). The van der Waals surface area contributed by atoms with E-state index >= 15 is 0 Å². The fourth-order valence-corrected chi connectivity index (χ4v) is 2.48. The van der Waals surface area contributed by atoms with Gasteiger partial charge in [0, 0.05) is 30.8 Å². The van der Waals surface area contributed by atoms with Gasteiger partial charge in [-0.2, -0.15) is 4.98 Å². The molecule has 1 atom stereocenters. The van der Waals surface area contributed by atoms with Gasteiger partial charge in [0.1, 0.15) is 5.75 Å². The molecule has 0 aliphatic carbocycles. The molecule has 2 aromatic heterocycles. The minimum Gasteiger partial charge on any atom is -0.497 e. The number of ether oxygens (including phenoxy) is 1. The summed E-state index contributed by atoms with van der Waals surface area (Å²) >= 11 is 0. The van der Waals surface area contributed by atoms with Crippen LogP contribution in [0.5, 0.6) is 5.75 Å². The van der Waals surface area contributed by atoms with Crippen LogP contribution in [0, 0.1) is 0 Å². The van der Waals surface area contributed by atoms with Crippen LogP contribution in [0.3, 0.4) is 0 Å². The van der Waals surface area contributed by atoms with Crippen molar-refractivity contribution in [2.45, 2.75) is 25.8 Å². The van der Waals surface area contributed by atoms with E-state index in [-0.39, 0.29) is 18.4 Å². The highest BCUT2D eigenvalue weighted by Crippen LogP contribution is 2.20. The summed E-state index contributed by atoms with van der Waals surface area (Å²) in [6.07, 6.45) is 4.08. The van der Waals surface area contributed by atoms with Crippen LogP contribution in [0.1, 0.15) is 30.8 Å². The van der Waals surface area contributed by atoms with Gasteiger partial charge in [-0.05, 0) is 48.9 Å². The second-order valence-corrected chi connectivity index (χ2v) is 5.81. The fraction of sp³-hybridized carbons (Fsp3) is 0.263. The van der Waals surface area contributed by atoms with Gasteiger partial charge in [-0.1, -0.05) is 5.16 Å². The molecule has 0 radical (unpaired) electrons. The third-order valence-corrected chi connectivity index (χ3v) is 3.97. The first-order valence-corrected chi connectivity index (χ1v) is 8.32. The Morgan fingerprint density at radius 1 is 1.19 bits per heavy atom. The highest BCUT2D eigenvalue weighted by Gasteiger charge is 2.13. The molecule has 0 saturated heterocycles. The molecule has 1 N–H and O–H groups in total. The van der Waals surface area contributed by atoms with Gasteiger partial charge in [0.2, 0.25) is 17.6 Å².